The molecule has 3 aromatic rings. The fourth-order valence-corrected chi connectivity index (χ4v) is 4.87. The van der Waals surface area contributed by atoms with Gasteiger partial charge in [-0.25, -0.2) is 9.78 Å². The Balaban J connectivity index is 1.88. The first-order valence-corrected chi connectivity index (χ1v) is 11.2. The Bertz CT molecular complexity index is 1380. The van der Waals surface area contributed by atoms with Crippen LogP contribution in [0.15, 0.2) is 60.2 Å². The number of aliphatic hydroxyl groups excluding tert-OH is 1. The van der Waals surface area contributed by atoms with Crippen LogP contribution in [0.1, 0.15) is 39.0 Å². The molecule has 1 aliphatic heterocycles. The van der Waals surface area contributed by atoms with E-state index < -0.39 is 28.6 Å². The fourth-order valence-electron chi connectivity index (χ4n) is 3.83. The van der Waals surface area contributed by atoms with Gasteiger partial charge in [-0.05, 0) is 12.5 Å². The zero-order valence-corrected chi connectivity index (χ0v) is 19.4. The van der Waals surface area contributed by atoms with Crippen LogP contribution in [0, 0.1) is 17.0 Å². The molecule has 2 aromatic carbocycles. The van der Waals surface area contributed by atoms with Crippen molar-refractivity contribution in [2.45, 2.75) is 19.4 Å². The summed E-state index contributed by atoms with van der Waals surface area (Å²) in [6.07, 6.45) is -0.126. The number of amides is 1. The van der Waals surface area contributed by atoms with Gasteiger partial charge in [-0.3, -0.25) is 24.6 Å². The third kappa shape index (κ3) is 4.41. The highest BCUT2D eigenvalue weighted by molar-refractivity contribution is 7.17. The van der Waals surface area contributed by atoms with E-state index >= 15 is 0 Å². The normalized spacial score (nSPS) is 17.3. The van der Waals surface area contributed by atoms with Crippen LogP contribution in [-0.4, -0.2) is 39.8 Å². The van der Waals surface area contributed by atoms with Gasteiger partial charge in [0.2, 0.25) is 0 Å². The number of benzene rings is 2. The summed E-state index contributed by atoms with van der Waals surface area (Å²) in [7, 11) is 1.21. The number of hydrogen-bond donors (Lipinski definition) is 1. The number of Topliss-reactive ketones (excluding diaryl/α,β-unsaturated/α-hetero) is 1. The minimum absolute atomic E-state index is 0.0657. The minimum atomic E-state index is -0.976. The van der Waals surface area contributed by atoms with Crippen LogP contribution in [0.4, 0.5) is 10.8 Å². The second-order valence-corrected chi connectivity index (χ2v) is 8.65. The summed E-state index contributed by atoms with van der Waals surface area (Å²) in [5.74, 6) is -2.89. The number of anilines is 1. The van der Waals surface area contributed by atoms with E-state index in [1.165, 1.54) is 25.3 Å². The highest BCUT2D eigenvalue weighted by Crippen LogP contribution is 2.41. The molecule has 0 saturated carbocycles. The molecule has 1 amide bonds. The van der Waals surface area contributed by atoms with E-state index in [4.69, 9.17) is 4.74 Å². The van der Waals surface area contributed by atoms with Crippen molar-refractivity contribution in [1.29, 1.82) is 0 Å². The molecule has 0 aliphatic carbocycles. The number of aliphatic hydroxyl groups is 1. The molecule has 1 N–H and O–H groups in total. The van der Waals surface area contributed by atoms with Gasteiger partial charge in [0.25, 0.3) is 11.5 Å². The summed E-state index contributed by atoms with van der Waals surface area (Å²) in [6.45, 7) is 1.57. The number of hydrogen-bond acceptors (Lipinski definition) is 9. The Kier molecular flexibility index (Phi) is 6.43. The summed E-state index contributed by atoms with van der Waals surface area (Å²) in [4.78, 5) is 55.0. The maximum Gasteiger partial charge on any atom is 0.350 e. The number of nitro groups is 1. The quantitative estimate of drug-likeness (QED) is 0.140. The molecule has 11 heteroatoms. The number of nitrogens with zero attached hydrogens (tertiary/aromatic N) is 3. The molecule has 0 spiro atoms. The summed E-state index contributed by atoms with van der Waals surface area (Å²) >= 11 is 0.874. The van der Waals surface area contributed by atoms with E-state index in [-0.39, 0.29) is 33.4 Å². The van der Waals surface area contributed by atoms with Crippen molar-refractivity contribution < 1.29 is 29.2 Å². The van der Waals surface area contributed by atoms with Crippen LogP contribution in [-0.2, 0) is 14.3 Å². The number of thiazole rings is 1. The van der Waals surface area contributed by atoms with E-state index in [2.05, 4.69) is 4.98 Å². The zero-order valence-electron chi connectivity index (χ0n) is 18.6. The van der Waals surface area contributed by atoms with Gasteiger partial charge >= 0.3 is 11.9 Å². The molecule has 35 heavy (non-hydrogen) atoms. The molecule has 1 saturated heterocycles. The molecule has 0 bridgehead atoms. The number of aromatic nitrogens is 1. The molecular weight excluding hydrogens is 474 g/mol. The predicted octanol–water partition coefficient (Wildman–Crippen LogP) is 4.16. The zero-order chi connectivity index (χ0) is 25.3. The number of aryl methyl sites for hydroxylation is 1. The van der Waals surface area contributed by atoms with E-state index in [1.54, 1.807) is 43.3 Å². The molecule has 1 fully saturated rings. The monoisotopic (exact) mass is 493 g/mol. The van der Waals surface area contributed by atoms with Gasteiger partial charge < -0.3 is 9.84 Å². The summed E-state index contributed by atoms with van der Waals surface area (Å²) in [5.41, 5.74) is 0.716. The van der Waals surface area contributed by atoms with Gasteiger partial charge in [0.05, 0.1) is 29.3 Å². The maximum atomic E-state index is 13.4. The number of methoxy groups -OCH3 is 1. The first-order chi connectivity index (χ1) is 16.7. The molecule has 1 atom stereocenters. The number of carbonyl (C=O) groups is 3. The van der Waals surface area contributed by atoms with Crippen LogP contribution in [0.25, 0.3) is 5.76 Å². The van der Waals surface area contributed by atoms with Crippen molar-refractivity contribution in [3.8, 4) is 0 Å². The Morgan fingerprint density at radius 2 is 1.91 bits per heavy atom. The van der Waals surface area contributed by atoms with E-state index in [1.807, 2.05) is 0 Å². The van der Waals surface area contributed by atoms with Crippen molar-refractivity contribution in [2.24, 2.45) is 0 Å². The van der Waals surface area contributed by atoms with Crippen molar-refractivity contribution in [2.75, 3.05) is 12.0 Å². The predicted molar refractivity (Wildman–Crippen MR) is 127 cm³/mol. The van der Waals surface area contributed by atoms with Crippen molar-refractivity contribution in [3.05, 3.63) is 92.0 Å². The number of piperidine rings is 1. The lowest BCUT2D eigenvalue weighted by Gasteiger charge is -2.34. The lowest BCUT2D eigenvalue weighted by atomic mass is 9.88. The number of ether oxygens (including phenoxy) is 1. The summed E-state index contributed by atoms with van der Waals surface area (Å²) < 4.78 is 4.76. The van der Waals surface area contributed by atoms with E-state index in [9.17, 15) is 29.6 Å². The number of esters is 1. The maximum absolute atomic E-state index is 13.4. The average Bonchev–Trinajstić information content (AvgIpc) is 3.26. The van der Waals surface area contributed by atoms with E-state index in [0.29, 0.717) is 16.8 Å². The standard InChI is InChI=1S/C24H19N3O7S/c1-13-21(23(31)34-2)35-24(25-13)26-18(15-9-6-10-16(11-15)27(32)33)12-17(20(29)22(26)30)19(28)14-7-4-3-5-8-14/h3-11,18,28H,12H2,1-2H3. The van der Waals surface area contributed by atoms with Crippen molar-refractivity contribution in [3.63, 3.8) is 0 Å². The molecule has 10 nitrogen and oxygen atoms in total. The Morgan fingerprint density at radius 3 is 2.57 bits per heavy atom. The number of ketones is 1. The van der Waals surface area contributed by atoms with Gasteiger partial charge in [-0.2, -0.15) is 0 Å². The molecular formula is C24H19N3O7S. The minimum Gasteiger partial charge on any atom is -0.507 e. The SMILES string of the molecule is COC(=O)c1sc(N2C(=O)C(=O)C(=C(O)c3ccccc3)CC2c2cccc([N+](=O)[O-])c2)nc1C. The van der Waals surface area contributed by atoms with Crippen molar-refractivity contribution >= 4 is 45.6 Å². The van der Waals surface area contributed by atoms with Gasteiger partial charge in [0.15, 0.2) is 5.13 Å². The molecule has 1 aromatic heterocycles. The van der Waals surface area contributed by atoms with Crippen LogP contribution in [0.3, 0.4) is 0 Å². The van der Waals surface area contributed by atoms with Crippen LogP contribution in [0.5, 0.6) is 0 Å². The van der Waals surface area contributed by atoms with Gasteiger partial charge in [-0.15, -0.1) is 0 Å². The third-order valence-corrected chi connectivity index (χ3v) is 6.69. The van der Waals surface area contributed by atoms with Crippen LogP contribution >= 0.6 is 11.3 Å². The highest BCUT2D eigenvalue weighted by atomic mass is 32.1. The number of non-ortho nitro benzene ring substituents is 1. The second kappa shape index (κ2) is 9.47. The van der Waals surface area contributed by atoms with Crippen LogP contribution in [0.2, 0.25) is 0 Å². The number of rotatable bonds is 5. The van der Waals surface area contributed by atoms with Gasteiger partial charge in [-0.1, -0.05) is 53.8 Å². The number of carbonyl (C=O) groups excluding carboxylic acids is 3. The summed E-state index contributed by atoms with van der Waals surface area (Å²) in [6, 6.07) is 13.1. The van der Waals surface area contributed by atoms with Crippen molar-refractivity contribution in [1.82, 2.24) is 4.98 Å². The molecule has 0 radical (unpaired) electrons. The second-order valence-electron chi connectivity index (χ2n) is 7.67. The van der Waals surface area contributed by atoms with Gasteiger partial charge in [0.1, 0.15) is 10.6 Å². The fraction of sp³-hybridized carbons (Fsp3) is 0.167. The summed E-state index contributed by atoms with van der Waals surface area (Å²) in [5, 5.41) is 22.3. The highest BCUT2D eigenvalue weighted by Gasteiger charge is 2.43. The average molecular weight is 493 g/mol. The first kappa shape index (κ1) is 23.8. The lowest BCUT2D eigenvalue weighted by Crippen LogP contribution is -2.45. The first-order valence-electron chi connectivity index (χ1n) is 10.4. The molecule has 1 unspecified atom stereocenters. The molecule has 2 heterocycles. The lowest BCUT2D eigenvalue weighted by molar-refractivity contribution is -0.384. The molecule has 4 rings (SSSR count). The van der Waals surface area contributed by atoms with E-state index in [0.717, 1.165) is 16.2 Å². The largest absolute Gasteiger partial charge is 0.507 e. The Labute approximate surface area is 203 Å². The van der Waals surface area contributed by atoms with Gasteiger partial charge in [0, 0.05) is 24.1 Å². The van der Waals surface area contributed by atoms with Crippen LogP contribution < -0.4 is 4.90 Å². The molecule has 178 valence electrons. The Morgan fingerprint density at radius 1 is 1.20 bits per heavy atom. The Hall–Kier alpha value is -4.38. The molecule has 1 aliphatic rings. The number of nitro benzene ring substituents is 1. The third-order valence-electron chi connectivity index (χ3n) is 5.56. The topological polar surface area (TPSA) is 140 Å². The smallest absolute Gasteiger partial charge is 0.350 e.